The van der Waals surface area contributed by atoms with Crippen LogP contribution in [0.5, 0.6) is 0 Å². The molecule has 1 aliphatic rings. The largest absolute Gasteiger partial charge is 0.340 e. The van der Waals surface area contributed by atoms with Crippen LogP contribution in [0.1, 0.15) is 204 Å². The van der Waals surface area contributed by atoms with E-state index in [0.717, 1.165) is 19.5 Å². The monoisotopic (exact) mass is 971 g/mol. The van der Waals surface area contributed by atoms with Gasteiger partial charge in [-0.1, -0.05) is 215 Å². The van der Waals surface area contributed by atoms with Crippen LogP contribution in [0, 0.1) is 13.8 Å². The lowest BCUT2D eigenvalue weighted by molar-refractivity contribution is 0.401. The Morgan fingerprint density at radius 3 is 1.22 bits per heavy atom. The summed E-state index contributed by atoms with van der Waals surface area (Å²) in [5.74, 6) is 0. The number of aryl methyl sites for hydroxylation is 4. The topological polar surface area (TPSA) is 9.86 Å². The molecule has 2 heteroatoms. The SMILES string of the molecule is C=CCCCCCCCCn1c2ccc(C)cc2c2cc(-c3ccc4c(c3)c3cc(-c5ccc6c(c5)C(CCCCCC)(CCCCCC)c5cc(C)ccc5-6)ccc3n4CCCCCCCCCC)ccc21. The van der Waals surface area contributed by atoms with Crippen molar-refractivity contribution < 1.29 is 0 Å². The highest BCUT2D eigenvalue weighted by Gasteiger charge is 2.42. The number of benzene rings is 6. The lowest BCUT2D eigenvalue weighted by Gasteiger charge is -2.33. The van der Waals surface area contributed by atoms with Crippen LogP contribution in [0.4, 0.5) is 0 Å². The van der Waals surface area contributed by atoms with Crippen molar-refractivity contribution in [2.24, 2.45) is 0 Å². The van der Waals surface area contributed by atoms with Gasteiger partial charge in [0, 0.05) is 62.1 Å². The van der Waals surface area contributed by atoms with Crippen LogP contribution in [0.25, 0.3) is 77.0 Å². The molecule has 6 aromatic carbocycles. The van der Waals surface area contributed by atoms with E-state index in [1.807, 2.05) is 0 Å². The Kier molecular flexibility index (Phi) is 18.2. The molecule has 2 nitrogen and oxygen atoms in total. The normalized spacial score (nSPS) is 13.0. The first-order chi connectivity index (χ1) is 35.9. The number of hydrogen-bond acceptors (Lipinski definition) is 0. The van der Waals surface area contributed by atoms with Gasteiger partial charge >= 0.3 is 0 Å². The molecule has 8 aromatic rings. The number of allylic oxidation sites excluding steroid dienone is 1. The molecular weight excluding hydrogens is 881 g/mol. The highest BCUT2D eigenvalue weighted by molar-refractivity contribution is 6.12. The molecule has 0 spiro atoms. The van der Waals surface area contributed by atoms with Crippen LogP contribution in [0.2, 0.25) is 0 Å². The first-order valence-electron chi connectivity index (χ1n) is 29.9. The van der Waals surface area contributed by atoms with E-state index in [2.05, 4.69) is 166 Å². The molecule has 73 heavy (non-hydrogen) atoms. The molecule has 0 fully saturated rings. The molecule has 0 bridgehead atoms. The second-order valence-corrected chi connectivity index (χ2v) is 22.7. The summed E-state index contributed by atoms with van der Waals surface area (Å²) >= 11 is 0. The molecule has 0 saturated carbocycles. The van der Waals surface area contributed by atoms with Gasteiger partial charge in [0.15, 0.2) is 0 Å². The van der Waals surface area contributed by atoms with Crippen molar-refractivity contribution >= 4 is 43.6 Å². The van der Waals surface area contributed by atoms with Crippen molar-refractivity contribution in [3.05, 3.63) is 144 Å². The minimum Gasteiger partial charge on any atom is -0.340 e. The minimum atomic E-state index is 0.0658. The van der Waals surface area contributed by atoms with Gasteiger partial charge < -0.3 is 9.13 Å². The molecule has 0 unspecified atom stereocenters. The maximum atomic E-state index is 3.90. The highest BCUT2D eigenvalue weighted by Crippen LogP contribution is 2.55. The number of fused-ring (bicyclic) bond motifs is 9. The van der Waals surface area contributed by atoms with Gasteiger partial charge in [-0.15, -0.1) is 6.58 Å². The summed E-state index contributed by atoms with van der Waals surface area (Å²) in [4.78, 5) is 0. The number of hydrogen-bond donors (Lipinski definition) is 0. The highest BCUT2D eigenvalue weighted by atomic mass is 15.0. The van der Waals surface area contributed by atoms with Gasteiger partial charge in [0.2, 0.25) is 0 Å². The third kappa shape index (κ3) is 11.7. The fourth-order valence-electron chi connectivity index (χ4n) is 13.2. The molecule has 0 aliphatic heterocycles. The summed E-state index contributed by atoms with van der Waals surface area (Å²) in [6, 6.07) is 44.2. The van der Waals surface area contributed by atoms with Crippen molar-refractivity contribution in [2.75, 3.05) is 0 Å². The third-order valence-corrected chi connectivity index (χ3v) is 17.3. The molecule has 0 N–H and O–H groups in total. The Hall–Kier alpha value is -5.34. The molecule has 1 aliphatic carbocycles. The Morgan fingerprint density at radius 1 is 0.370 bits per heavy atom. The van der Waals surface area contributed by atoms with Crippen molar-refractivity contribution in [1.82, 2.24) is 9.13 Å². The lowest BCUT2D eigenvalue weighted by atomic mass is 9.70. The Labute approximate surface area is 441 Å². The predicted octanol–water partition coefficient (Wildman–Crippen LogP) is 22.1. The molecule has 0 saturated heterocycles. The summed E-state index contributed by atoms with van der Waals surface area (Å²) < 4.78 is 5.27. The Balaban J connectivity index is 1.09. The number of aromatic nitrogens is 2. The first kappa shape index (κ1) is 52.5. The van der Waals surface area contributed by atoms with Crippen LogP contribution in [0.3, 0.4) is 0 Å². The van der Waals surface area contributed by atoms with Crippen LogP contribution >= 0.6 is 0 Å². The zero-order valence-corrected chi connectivity index (χ0v) is 46.2. The maximum Gasteiger partial charge on any atom is 0.0491 e. The maximum absolute atomic E-state index is 3.90. The predicted molar refractivity (Wildman–Crippen MR) is 322 cm³/mol. The molecular formula is C71H90N2. The van der Waals surface area contributed by atoms with Crippen LogP contribution < -0.4 is 0 Å². The summed E-state index contributed by atoms with van der Waals surface area (Å²) in [6.45, 7) is 17.6. The summed E-state index contributed by atoms with van der Waals surface area (Å²) in [5.41, 5.74) is 19.7. The van der Waals surface area contributed by atoms with Gasteiger partial charge in [-0.05, 0) is 151 Å². The first-order valence-corrected chi connectivity index (χ1v) is 29.9. The Bertz CT molecular complexity index is 3080. The third-order valence-electron chi connectivity index (χ3n) is 17.3. The van der Waals surface area contributed by atoms with Gasteiger partial charge in [0.1, 0.15) is 0 Å². The minimum absolute atomic E-state index is 0.0658. The Morgan fingerprint density at radius 2 is 0.726 bits per heavy atom. The van der Waals surface area contributed by atoms with E-state index in [1.165, 1.54) is 242 Å². The van der Waals surface area contributed by atoms with Gasteiger partial charge in [0.25, 0.3) is 0 Å². The van der Waals surface area contributed by atoms with E-state index in [4.69, 9.17) is 0 Å². The van der Waals surface area contributed by atoms with Gasteiger partial charge in [-0.25, -0.2) is 0 Å². The van der Waals surface area contributed by atoms with E-state index in [1.54, 1.807) is 11.1 Å². The van der Waals surface area contributed by atoms with Crippen molar-refractivity contribution in [3.63, 3.8) is 0 Å². The zero-order valence-electron chi connectivity index (χ0n) is 46.2. The molecule has 0 radical (unpaired) electrons. The summed E-state index contributed by atoms with van der Waals surface area (Å²) in [6.07, 6.45) is 34.5. The standard InChI is InChI=1S/C71H90N2/c1-7-11-15-19-21-23-25-29-45-72-67-39-32-53(5)47-61(67)62-49-55(34-40-68(62)72)56-35-41-69-63(50-56)64-51-57(36-42-70(64)73(69)46-30-26-24-22-20-16-12-8-2)58-33-38-60-59-37-31-54(6)48-65(59)71(66(60)52-58,43-27-17-13-9-3)44-28-18-14-10-4/h7,31-42,47-52H,1,8-30,43-46H2,2-6H3. The number of unbranched alkanes of at least 4 members (excludes halogenated alkanes) is 19. The van der Waals surface area contributed by atoms with E-state index >= 15 is 0 Å². The zero-order chi connectivity index (χ0) is 50.6. The summed E-state index contributed by atoms with van der Waals surface area (Å²) in [7, 11) is 0. The second-order valence-electron chi connectivity index (χ2n) is 22.7. The second kappa shape index (κ2) is 25.3. The summed E-state index contributed by atoms with van der Waals surface area (Å²) in [5, 5.41) is 5.52. The molecule has 0 amide bonds. The van der Waals surface area contributed by atoms with Crippen LogP contribution in [0.15, 0.2) is 122 Å². The van der Waals surface area contributed by atoms with E-state index in [0.29, 0.717) is 0 Å². The van der Waals surface area contributed by atoms with Gasteiger partial charge in [0.05, 0.1) is 0 Å². The molecule has 384 valence electrons. The van der Waals surface area contributed by atoms with Crippen LogP contribution in [-0.2, 0) is 18.5 Å². The average Bonchev–Trinajstić information content (AvgIpc) is 3.99. The van der Waals surface area contributed by atoms with Gasteiger partial charge in [-0.2, -0.15) is 0 Å². The molecule has 9 rings (SSSR count). The van der Waals surface area contributed by atoms with Crippen molar-refractivity contribution in [2.45, 2.75) is 214 Å². The van der Waals surface area contributed by atoms with Crippen molar-refractivity contribution in [1.29, 1.82) is 0 Å². The van der Waals surface area contributed by atoms with E-state index in [9.17, 15) is 0 Å². The fraction of sp³-hybridized carbons (Fsp3) is 0.465. The lowest BCUT2D eigenvalue weighted by Crippen LogP contribution is -2.25. The van der Waals surface area contributed by atoms with Crippen molar-refractivity contribution in [3.8, 4) is 33.4 Å². The number of rotatable bonds is 30. The molecule has 2 aromatic heterocycles. The number of nitrogens with zero attached hydrogens (tertiary/aromatic N) is 2. The van der Waals surface area contributed by atoms with E-state index < -0.39 is 0 Å². The molecule has 0 atom stereocenters. The molecule has 2 heterocycles. The van der Waals surface area contributed by atoms with Crippen LogP contribution in [-0.4, -0.2) is 9.13 Å². The quantitative estimate of drug-likeness (QED) is 0.0314. The average molecular weight is 972 g/mol. The van der Waals surface area contributed by atoms with Gasteiger partial charge in [-0.3, -0.25) is 0 Å². The fourth-order valence-corrected chi connectivity index (χ4v) is 13.2. The van der Waals surface area contributed by atoms with E-state index in [-0.39, 0.29) is 5.41 Å². The smallest absolute Gasteiger partial charge is 0.0491 e.